The van der Waals surface area contributed by atoms with Gasteiger partial charge < -0.3 is 4.74 Å². The Morgan fingerprint density at radius 2 is 1.96 bits per heavy atom. The Morgan fingerprint density at radius 3 is 2.35 bits per heavy atom. The van der Waals surface area contributed by atoms with E-state index in [1.54, 1.807) is 13.8 Å². The van der Waals surface area contributed by atoms with Gasteiger partial charge in [0.05, 0.1) is 18.6 Å². The van der Waals surface area contributed by atoms with Crippen LogP contribution in [0, 0.1) is 18.3 Å². The Kier molecular flexibility index (Phi) is 6.57. The molecule has 0 aliphatic rings. The van der Waals surface area contributed by atoms with Crippen LogP contribution in [0.5, 0.6) is 5.75 Å². The smallest absolute Gasteiger partial charge is 0.262 e. The molecule has 2 N–H and O–H groups in total. The van der Waals surface area contributed by atoms with Crippen LogP contribution in [0.3, 0.4) is 0 Å². The summed E-state index contributed by atoms with van der Waals surface area (Å²) in [6, 6.07) is 4.59. The number of rotatable bonds is 7. The van der Waals surface area contributed by atoms with Gasteiger partial charge in [-0.15, -0.1) is 6.42 Å². The van der Waals surface area contributed by atoms with Crippen LogP contribution in [-0.2, 0) is 14.8 Å². The van der Waals surface area contributed by atoms with Crippen molar-refractivity contribution >= 4 is 15.9 Å². The molecule has 7 nitrogen and oxygen atoms in total. The van der Waals surface area contributed by atoms with E-state index in [0.717, 1.165) is 4.31 Å². The number of carbonyl (C=O) groups excluding carboxylic acids is 1. The van der Waals surface area contributed by atoms with Gasteiger partial charge in [-0.25, -0.2) is 13.9 Å². The number of carbonyl (C=O) groups is 1. The molecule has 8 heteroatoms. The fourth-order valence-electron chi connectivity index (χ4n) is 2.14. The normalized spacial score (nSPS) is 12.7. The number of sulfonamides is 1. The van der Waals surface area contributed by atoms with E-state index in [2.05, 4.69) is 5.92 Å². The van der Waals surface area contributed by atoms with Gasteiger partial charge in [0.1, 0.15) is 11.8 Å². The standard InChI is InChI=1S/C15H20N2O5S/c1-5-10-17(14(11(2)3)15(18)16-19)23(20,21)13-8-6-12(22-4)7-9-13/h1,6-9,11,14,19H,10H2,2-4H3,(H,16,18). The van der Waals surface area contributed by atoms with Crippen LogP contribution in [0.25, 0.3) is 0 Å². The first-order chi connectivity index (χ1) is 10.8. The molecule has 0 saturated heterocycles. The Labute approximate surface area is 136 Å². The van der Waals surface area contributed by atoms with Crippen molar-refractivity contribution in [3.63, 3.8) is 0 Å². The van der Waals surface area contributed by atoms with Gasteiger partial charge in [0, 0.05) is 0 Å². The Hall–Kier alpha value is -2.08. The van der Waals surface area contributed by atoms with E-state index in [-0.39, 0.29) is 11.4 Å². The fourth-order valence-corrected chi connectivity index (χ4v) is 3.77. The lowest BCUT2D eigenvalue weighted by atomic mass is 10.0. The summed E-state index contributed by atoms with van der Waals surface area (Å²) in [6.45, 7) is 3.02. The van der Waals surface area contributed by atoms with Gasteiger partial charge in [0.25, 0.3) is 5.91 Å². The van der Waals surface area contributed by atoms with Crippen LogP contribution in [0.2, 0.25) is 0 Å². The highest BCUT2D eigenvalue weighted by atomic mass is 32.2. The van der Waals surface area contributed by atoms with E-state index in [1.165, 1.54) is 36.9 Å². The van der Waals surface area contributed by atoms with Gasteiger partial charge in [-0.3, -0.25) is 10.0 Å². The van der Waals surface area contributed by atoms with Gasteiger partial charge in [-0.1, -0.05) is 19.8 Å². The summed E-state index contributed by atoms with van der Waals surface area (Å²) in [6.07, 6.45) is 5.26. The average molecular weight is 340 g/mol. The molecule has 0 bridgehead atoms. The Balaban J connectivity index is 3.35. The first-order valence-electron chi connectivity index (χ1n) is 6.82. The molecule has 0 aliphatic carbocycles. The second-order valence-corrected chi connectivity index (χ2v) is 6.99. The van der Waals surface area contributed by atoms with Crippen LogP contribution in [-0.4, -0.2) is 43.5 Å². The van der Waals surface area contributed by atoms with Crippen LogP contribution in [0.15, 0.2) is 29.2 Å². The van der Waals surface area contributed by atoms with E-state index in [1.807, 2.05) is 0 Å². The molecule has 0 heterocycles. The molecule has 1 unspecified atom stereocenters. The Morgan fingerprint density at radius 1 is 1.39 bits per heavy atom. The van der Waals surface area contributed by atoms with E-state index >= 15 is 0 Å². The molecule has 1 atom stereocenters. The van der Waals surface area contributed by atoms with Crippen molar-refractivity contribution < 1.29 is 23.2 Å². The van der Waals surface area contributed by atoms with Crippen LogP contribution < -0.4 is 10.2 Å². The number of ether oxygens (including phenoxy) is 1. The highest BCUT2D eigenvalue weighted by Gasteiger charge is 2.37. The number of hydrogen-bond acceptors (Lipinski definition) is 5. The topological polar surface area (TPSA) is 95.9 Å². The van der Waals surface area contributed by atoms with Gasteiger partial charge >= 0.3 is 0 Å². The second kappa shape index (κ2) is 7.97. The van der Waals surface area contributed by atoms with Gasteiger partial charge in [-0.05, 0) is 30.2 Å². The summed E-state index contributed by atoms with van der Waals surface area (Å²) >= 11 is 0. The van der Waals surface area contributed by atoms with Crippen molar-refractivity contribution in [3.05, 3.63) is 24.3 Å². The van der Waals surface area contributed by atoms with E-state index in [9.17, 15) is 13.2 Å². The minimum absolute atomic E-state index is 0.0232. The second-order valence-electron chi connectivity index (χ2n) is 5.09. The number of methoxy groups -OCH3 is 1. The van der Waals surface area contributed by atoms with Crippen LogP contribution >= 0.6 is 0 Å². The number of terminal acetylenes is 1. The lowest BCUT2D eigenvalue weighted by molar-refractivity contribution is -0.134. The molecular weight excluding hydrogens is 320 g/mol. The molecule has 0 saturated carbocycles. The molecule has 126 valence electrons. The molecule has 23 heavy (non-hydrogen) atoms. The minimum atomic E-state index is -4.02. The zero-order valence-corrected chi connectivity index (χ0v) is 14.0. The average Bonchev–Trinajstić information content (AvgIpc) is 2.53. The largest absolute Gasteiger partial charge is 0.497 e. The van der Waals surface area contributed by atoms with Crippen LogP contribution in [0.4, 0.5) is 0 Å². The Bertz CT molecular complexity index is 677. The van der Waals surface area contributed by atoms with Gasteiger partial charge in [0.15, 0.2) is 0 Å². The van der Waals surface area contributed by atoms with Crippen molar-refractivity contribution in [1.29, 1.82) is 0 Å². The zero-order valence-electron chi connectivity index (χ0n) is 13.2. The third kappa shape index (κ3) is 4.22. The summed E-state index contributed by atoms with van der Waals surface area (Å²) in [5.74, 6) is 1.50. The zero-order chi connectivity index (χ0) is 17.6. The van der Waals surface area contributed by atoms with Crippen molar-refractivity contribution in [2.75, 3.05) is 13.7 Å². The molecular formula is C15H20N2O5S. The lowest BCUT2D eigenvalue weighted by Crippen LogP contribution is -2.51. The first-order valence-corrected chi connectivity index (χ1v) is 8.26. The molecule has 0 spiro atoms. The summed E-state index contributed by atoms with van der Waals surface area (Å²) in [4.78, 5) is 11.9. The molecule has 0 aromatic heterocycles. The van der Waals surface area contributed by atoms with Crippen molar-refractivity contribution in [1.82, 2.24) is 9.79 Å². The van der Waals surface area contributed by atoms with Crippen molar-refractivity contribution in [3.8, 4) is 18.1 Å². The van der Waals surface area contributed by atoms with Gasteiger partial charge in [-0.2, -0.15) is 4.31 Å². The van der Waals surface area contributed by atoms with Gasteiger partial charge in [0.2, 0.25) is 10.0 Å². The molecule has 1 amide bonds. The molecule has 1 aromatic carbocycles. The predicted molar refractivity (Wildman–Crippen MR) is 84.3 cm³/mol. The SMILES string of the molecule is C#CCN(C(C(=O)NO)C(C)C)S(=O)(=O)c1ccc(OC)cc1. The molecule has 0 radical (unpaired) electrons. The summed E-state index contributed by atoms with van der Waals surface area (Å²) in [5.41, 5.74) is 1.49. The van der Waals surface area contributed by atoms with Crippen molar-refractivity contribution in [2.24, 2.45) is 5.92 Å². The maximum Gasteiger partial charge on any atom is 0.262 e. The first kappa shape index (κ1) is 19.0. The number of benzene rings is 1. The summed E-state index contributed by atoms with van der Waals surface area (Å²) < 4.78 is 31.5. The highest BCUT2D eigenvalue weighted by Crippen LogP contribution is 2.23. The monoisotopic (exact) mass is 340 g/mol. The molecule has 0 aliphatic heterocycles. The number of nitrogens with one attached hydrogen (secondary N) is 1. The lowest BCUT2D eigenvalue weighted by Gasteiger charge is -2.30. The third-order valence-electron chi connectivity index (χ3n) is 3.23. The number of hydroxylamine groups is 1. The fraction of sp³-hybridized carbons (Fsp3) is 0.400. The van der Waals surface area contributed by atoms with Crippen LogP contribution in [0.1, 0.15) is 13.8 Å². The summed E-state index contributed by atoms with van der Waals surface area (Å²) in [5, 5.41) is 8.89. The summed E-state index contributed by atoms with van der Waals surface area (Å²) in [7, 11) is -2.56. The van der Waals surface area contributed by atoms with E-state index < -0.39 is 27.9 Å². The quantitative estimate of drug-likeness (QED) is 0.436. The van der Waals surface area contributed by atoms with E-state index in [4.69, 9.17) is 16.4 Å². The van der Waals surface area contributed by atoms with Crippen molar-refractivity contribution in [2.45, 2.75) is 24.8 Å². The number of amides is 1. The third-order valence-corrected chi connectivity index (χ3v) is 5.08. The maximum absolute atomic E-state index is 12.8. The highest BCUT2D eigenvalue weighted by molar-refractivity contribution is 7.89. The number of nitrogens with zero attached hydrogens (tertiary/aromatic N) is 1. The molecule has 1 rings (SSSR count). The molecule has 0 fully saturated rings. The predicted octanol–water partition coefficient (Wildman–Crippen LogP) is 0.849. The maximum atomic E-state index is 12.8. The molecule has 1 aromatic rings. The van der Waals surface area contributed by atoms with E-state index in [0.29, 0.717) is 5.75 Å². The number of hydrogen-bond donors (Lipinski definition) is 2. The minimum Gasteiger partial charge on any atom is -0.497 e.